The molecule has 4 heteroatoms. The third kappa shape index (κ3) is 2.41. The highest BCUT2D eigenvalue weighted by molar-refractivity contribution is 6.04. The van der Waals surface area contributed by atoms with Crippen molar-refractivity contribution in [2.45, 2.75) is 32.7 Å². The Bertz CT molecular complexity index is 668. The Balaban J connectivity index is 1.84. The van der Waals surface area contributed by atoms with E-state index in [-0.39, 0.29) is 5.91 Å². The minimum absolute atomic E-state index is 0.100. The van der Waals surface area contributed by atoms with Crippen molar-refractivity contribution < 1.29 is 4.79 Å². The van der Waals surface area contributed by atoms with Crippen molar-refractivity contribution in [2.75, 3.05) is 11.1 Å². The van der Waals surface area contributed by atoms with Crippen molar-refractivity contribution in [2.24, 2.45) is 0 Å². The van der Waals surface area contributed by atoms with Crippen LogP contribution < -0.4 is 11.1 Å². The third-order valence-electron chi connectivity index (χ3n) is 3.81. The first-order valence-corrected chi connectivity index (χ1v) is 6.90. The van der Waals surface area contributed by atoms with Gasteiger partial charge in [0, 0.05) is 17.9 Å². The quantitative estimate of drug-likeness (QED) is 0.898. The molecule has 0 aliphatic heterocycles. The molecule has 1 amide bonds. The molecule has 1 heterocycles. The number of hydrogen-bond donors (Lipinski definition) is 2. The first-order valence-electron chi connectivity index (χ1n) is 6.90. The largest absolute Gasteiger partial charge is 0.397 e. The number of anilines is 2. The smallest absolute Gasteiger partial charge is 0.272 e. The Morgan fingerprint density at radius 3 is 2.65 bits per heavy atom. The van der Waals surface area contributed by atoms with Gasteiger partial charge < -0.3 is 15.6 Å². The second-order valence-corrected chi connectivity index (χ2v) is 5.55. The number of rotatable bonds is 3. The lowest BCUT2D eigenvalue weighted by Gasteiger charge is -2.10. The van der Waals surface area contributed by atoms with E-state index < -0.39 is 0 Å². The third-order valence-corrected chi connectivity index (χ3v) is 3.81. The van der Waals surface area contributed by atoms with Crippen molar-refractivity contribution in [3.63, 3.8) is 0 Å². The number of hydrogen-bond acceptors (Lipinski definition) is 2. The van der Waals surface area contributed by atoms with Gasteiger partial charge >= 0.3 is 0 Å². The second-order valence-electron chi connectivity index (χ2n) is 5.55. The summed E-state index contributed by atoms with van der Waals surface area (Å²) in [5, 5.41) is 2.95. The van der Waals surface area contributed by atoms with E-state index in [2.05, 4.69) is 12.2 Å². The summed E-state index contributed by atoms with van der Waals surface area (Å²) < 4.78 is 1.99. The maximum atomic E-state index is 12.4. The van der Waals surface area contributed by atoms with Crippen LogP contribution in [0.2, 0.25) is 0 Å². The molecule has 0 bridgehead atoms. The SMILES string of the molecule is Cc1ccc(NC(=O)c2cc(N)cn2C2CC2)cc1C. The highest BCUT2D eigenvalue weighted by atomic mass is 16.1. The number of amides is 1. The topological polar surface area (TPSA) is 60.1 Å². The normalized spacial score (nSPS) is 14.3. The number of aromatic nitrogens is 1. The molecule has 0 radical (unpaired) electrons. The van der Waals surface area contributed by atoms with Crippen LogP contribution >= 0.6 is 0 Å². The lowest BCUT2D eigenvalue weighted by Crippen LogP contribution is -2.16. The van der Waals surface area contributed by atoms with Gasteiger partial charge in [-0.1, -0.05) is 6.07 Å². The Hall–Kier alpha value is -2.23. The molecule has 0 unspecified atom stereocenters. The molecular weight excluding hydrogens is 250 g/mol. The summed E-state index contributed by atoms with van der Waals surface area (Å²) in [5.41, 5.74) is 10.3. The molecule has 104 valence electrons. The number of nitrogens with zero attached hydrogens (tertiary/aromatic N) is 1. The molecule has 1 fully saturated rings. The van der Waals surface area contributed by atoms with Gasteiger partial charge in [0.2, 0.25) is 0 Å². The molecule has 1 aliphatic rings. The molecule has 0 spiro atoms. The second kappa shape index (κ2) is 4.71. The minimum Gasteiger partial charge on any atom is -0.397 e. The van der Waals surface area contributed by atoms with E-state index in [1.54, 1.807) is 6.07 Å². The molecule has 1 aromatic carbocycles. The van der Waals surface area contributed by atoms with Gasteiger partial charge in [-0.2, -0.15) is 0 Å². The van der Waals surface area contributed by atoms with Gasteiger partial charge in [0.25, 0.3) is 5.91 Å². The Morgan fingerprint density at radius 2 is 2.00 bits per heavy atom. The van der Waals surface area contributed by atoms with E-state index in [1.165, 1.54) is 11.1 Å². The van der Waals surface area contributed by atoms with Gasteiger partial charge in [-0.3, -0.25) is 4.79 Å². The maximum absolute atomic E-state index is 12.4. The van der Waals surface area contributed by atoms with Crippen molar-refractivity contribution >= 4 is 17.3 Å². The summed E-state index contributed by atoms with van der Waals surface area (Å²) in [4.78, 5) is 12.4. The summed E-state index contributed by atoms with van der Waals surface area (Å²) in [5.74, 6) is -0.100. The van der Waals surface area contributed by atoms with Crippen molar-refractivity contribution in [3.05, 3.63) is 47.3 Å². The summed E-state index contributed by atoms with van der Waals surface area (Å²) in [7, 11) is 0. The lowest BCUT2D eigenvalue weighted by atomic mass is 10.1. The standard InChI is InChI=1S/C16H19N3O/c1-10-3-4-13(7-11(10)2)18-16(20)15-8-12(17)9-19(15)14-5-6-14/h3-4,7-9,14H,5-6,17H2,1-2H3,(H,18,20). The Labute approximate surface area is 118 Å². The van der Waals surface area contributed by atoms with Crippen LogP contribution in [0, 0.1) is 13.8 Å². The van der Waals surface area contributed by atoms with Gasteiger partial charge in [-0.05, 0) is 56.0 Å². The predicted octanol–water partition coefficient (Wildman–Crippen LogP) is 3.27. The van der Waals surface area contributed by atoms with E-state index in [0.29, 0.717) is 17.4 Å². The number of carbonyl (C=O) groups excluding carboxylic acids is 1. The molecule has 3 N–H and O–H groups in total. The van der Waals surface area contributed by atoms with Crippen LogP contribution in [0.3, 0.4) is 0 Å². The van der Waals surface area contributed by atoms with Crippen LogP contribution in [-0.2, 0) is 0 Å². The van der Waals surface area contributed by atoms with Crippen molar-refractivity contribution in [1.29, 1.82) is 0 Å². The van der Waals surface area contributed by atoms with E-state index in [0.717, 1.165) is 18.5 Å². The zero-order valence-electron chi connectivity index (χ0n) is 11.8. The average Bonchev–Trinajstić information content (AvgIpc) is 3.17. The molecule has 1 aromatic heterocycles. The fourth-order valence-corrected chi connectivity index (χ4v) is 2.35. The van der Waals surface area contributed by atoms with E-state index in [1.807, 2.05) is 35.9 Å². The predicted molar refractivity (Wildman–Crippen MR) is 81.0 cm³/mol. The summed E-state index contributed by atoms with van der Waals surface area (Å²) in [6, 6.07) is 8.11. The average molecular weight is 269 g/mol. The number of aryl methyl sites for hydroxylation is 2. The fourth-order valence-electron chi connectivity index (χ4n) is 2.35. The van der Waals surface area contributed by atoms with Gasteiger partial charge in [-0.25, -0.2) is 0 Å². The van der Waals surface area contributed by atoms with Gasteiger partial charge in [0.1, 0.15) is 5.69 Å². The molecular formula is C16H19N3O. The number of nitrogen functional groups attached to an aromatic ring is 1. The first kappa shape index (κ1) is 12.8. The summed E-state index contributed by atoms with van der Waals surface area (Å²) >= 11 is 0. The van der Waals surface area contributed by atoms with Crippen LogP contribution in [-0.4, -0.2) is 10.5 Å². The van der Waals surface area contributed by atoms with Crippen molar-refractivity contribution in [1.82, 2.24) is 4.57 Å². The molecule has 3 rings (SSSR count). The summed E-state index contributed by atoms with van der Waals surface area (Å²) in [6.07, 6.45) is 4.10. The Kier molecular flexibility index (Phi) is 3.01. The van der Waals surface area contributed by atoms with E-state index in [4.69, 9.17) is 5.73 Å². The molecule has 4 nitrogen and oxygen atoms in total. The molecule has 2 aromatic rings. The maximum Gasteiger partial charge on any atom is 0.272 e. The molecule has 0 saturated heterocycles. The van der Waals surface area contributed by atoms with Gasteiger partial charge in [0.05, 0.1) is 5.69 Å². The van der Waals surface area contributed by atoms with Gasteiger partial charge in [0.15, 0.2) is 0 Å². The zero-order valence-corrected chi connectivity index (χ0v) is 11.8. The number of benzene rings is 1. The monoisotopic (exact) mass is 269 g/mol. The van der Waals surface area contributed by atoms with Crippen molar-refractivity contribution in [3.8, 4) is 0 Å². The minimum atomic E-state index is -0.100. The van der Waals surface area contributed by atoms with Crippen LogP contribution in [0.1, 0.15) is 40.5 Å². The highest BCUT2D eigenvalue weighted by Crippen LogP contribution is 2.37. The fraction of sp³-hybridized carbons (Fsp3) is 0.312. The van der Waals surface area contributed by atoms with E-state index in [9.17, 15) is 4.79 Å². The number of nitrogens with one attached hydrogen (secondary N) is 1. The summed E-state index contributed by atoms with van der Waals surface area (Å²) in [6.45, 7) is 4.09. The van der Waals surface area contributed by atoms with Crippen LogP contribution in [0.15, 0.2) is 30.5 Å². The van der Waals surface area contributed by atoms with Gasteiger partial charge in [-0.15, -0.1) is 0 Å². The zero-order chi connectivity index (χ0) is 14.3. The Morgan fingerprint density at radius 1 is 1.25 bits per heavy atom. The van der Waals surface area contributed by atoms with Crippen LogP contribution in [0.5, 0.6) is 0 Å². The van der Waals surface area contributed by atoms with E-state index >= 15 is 0 Å². The van der Waals surface area contributed by atoms with Crippen LogP contribution in [0.4, 0.5) is 11.4 Å². The molecule has 20 heavy (non-hydrogen) atoms. The first-order chi connectivity index (χ1) is 9.54. The number of nitrogens with two attached hydrogens (primary N) is 1. The molecule has 1 aliphatic carbocycles. The van der Waals surface area contributed by atoms with Crippen LogP contribution in [0.25, 0.3) is 0 Å². The number of carbonyl (C=O) groups is 1. The molecule has 1 saturated carbocycles. The highest BCUT2D eigenvalue weighted by Gasteiger charge is 2.27. The molecule has 0 atom stereocenters. The lowest BCUT2D eigenvalue weighted by molar-refractivity contribution is 0.101.